The third-order valence-corrected chi connectivity index (χ3v) is 9.42. The standard InChI is InChI=1S/C35H41Cl2N3O6/c1-24-29(37)4-3-5-30(24)40(35(43)26-7-9-28(36)10-8-26)31-12-13-39(23-27(31)21-34(41)42)22-25-6-11-32(33(20-25)44-2)46-19-16-38-14-17-45-18-15-38/h3-11,20,27,31H,12-19,21-23H2,1-2H3,(H,41,42)/t27-,31+/m0/s1. The molecular formula is C35H41Cl2N3O6. The minimum atomic E-state index is -0.904. The zero-order valence-electron chi connectivity index (χ0n) is 26.3. The van der Waals surface area contributed by atoms with Crippen LogP contribution in [0.5, 0.6) is 11.5 Å². The number of aliphatic carboxylic acids is 1. The maximum Gasteiger partial charge on any atom is 0.303 e. The smallest absolute Gasteiger partial charge is 0.303 e. The van der Waals surface area contributed by atoms with Gasteiger partial charge in [-0.1, -0.05) is 35.3 Å². The molecule has 0 spiro atoms. The van der Waals surface area contributed by atoms with Gasteiger partial charge in [0.25, 0.3) is 5.91 Å². The Morgan fingerprint density at radius 1 is 1.00 bits per heavy atom. The summed E-state index contributed by atoms with van der Waals surface area (Å²) in [6.07, 6.45) is 0.507. The van der Waals surface area contributed by atoms with Crippen molar-refractivity contribution in [3.8, 4) is 11.5 Å². The number of halogens is 2. The number of rotatable bonds is 12. The average molecular weight is 671 g/mol. The van der Waals surface area contributed by atoms with Crippen molar-refractivity contribution in [2.24, 2.45) is 5.92 Å². The molecule has 0 radical (unpaired) electrons. The summed E-state index contributed by atoms with van der Waals surface area (Å²) >= 11 is 12.6. The molecule has 0 bridgehead atoms. The van der Waals surface area contributed by atoms with E-state index in [1.54, 1.807) is 42.3 Å². The van der Waals surface area contributed by atoms with Crippen LogP contribution in [0.2, 0.25) is 10.0 Å². The summed E-state index contributed by atoms with van der Waals surface area (Å²) in [7, 11) is 1.63. The van der Waals surface area contributed by atoms with Crippen LogP contribution in [-0.4, -0.2) is 92.5 Å². The predicted molar refractivity (Wildman–Crippen MR) is 180 cm³/mol. The van der Waals surface area contributed by atoms with Crippen LogP contribution in [-0.2, 0) is 16.1 Å². The van der Waals surface area contributed by atoms with E-state index in [0.717, 1.165) is 44.0 Å². The van der Waals surface area contributed by atoms with Crippen LogP contribution < -0.4 is 14.4 Å². The number of carboxylic acids is 1. The van der Waals surface area contributed by atoms with Gasteiger partial charge in [0, 0.05) is 72.5 Å². The molecule has 2 saturated heterocycles. The number of anilines is 1. The molecule has 0 aromatic heterocycles. The van der Waals surface area contributed by atoms with Gasteiger partial charge in [-0.15, -0.1) is 0 Å². The minimum absolute atomic E-state index is 0.0789. The summed E-state index contributed by atoms with van der Waals surface area (Å²) in [4.78, 5) is 32.6. The highest BCUT2D eigenvalue weighted by Crippen LogP contribution is 2.36. The summed E-state index contributed by atoms with van der Waals surface area (Å²) < 4.78 is 17.1. The Morgan fingerprint density at radius 3 is 2.48 bits per heavy atom. The Hall–Kier alpha value is -3.34. The molecule has 0 saturated carbocycles. The molecular weight excluding hydrogens is 629 g/mol. The highest BCUT2D eigenvalue weighted by atomic mass is 35.5. The Morgan fingerprint density at radius 2 is 1.76 bits per heavy atom. The lowest BCUT2D eigenvalue weighted by Crippen LogP contribution is -2.53. The fourth-order valence-corrected chi connectivity index (χ4v) is 6.62. The molecule has 0 aliphatic carbocycles. The van der Waals surface area contributed by atoms with Gasteiger partial charge in [0.1, 0.15) is 6.61 Å². The second kappa shape index (κ2) is 16.0. The van der Waals surface area contributed by atoms with Crippen molar-refractivity contribution in [2.75, 3.05) is 64.6 Å². The van der Waals surface area contributed by atoms with E-state index < -0.39 is 5.97 Å². The molecule has 0 unspecified atom stereocenters. The molecule has 2 aliphatic heterocycles. The summed E-state index contributed by atoms with van der Waals surface area (Å²) in [6, 6.07) is 17.8. The number of nitrogens with zero attached hydrogens (tertiary/aromatic N) is 3. The molecule has 246 valence electrons. The van der Waals surface area contributed by atoms with Gasteiger partial charge in [0.15, 0.2) is 11.5 Å². The van der Waals surface area contributed by atoms with E-state index in [2.05, 4.69) is 9.80 Å². The number of amides is 1. The first-order valence-corrected chi connectivity index (χ1v) is 16.4. The van der Waals surface area contributed by atoms with Crippen molar-refractivity contribution in [1.29, 1.82) is 0 Å². The molecule has 5 rings (SSSR count). The van der Waals surface area contributed by atoms with Crippen molar-refractivity contribution < 1.29 is 28.9 Å². The lowest BCUT2D eigenvalue weighted by molar-refractivity contribution is -0.138. The van der Waals surface area contributed by atoms with Gasteiger partial charge in [0.05, 0.1) is 26.7 Å². The molecule has 2 fully saturated rings. The van der Waals surface area contributed by atoms with Crippen LogP contribution in [0.1, 0.15) is 34.3 Å². The van der Waals surface area contributed by atoms with E-state index in [4.69, 9.17) is 37.4 Å². The molecule has 2 heterocycles. The lowest BCUT2D eigenvalue weighted by Gasteiger charge is -2.44. The van der Waals surface area contributed by atoms with Crippen molar-refractivity contribution in [3.05, 3.63) is 87.4 Å². The minimum Gasteiger partial charge on any atom is -0.493 e. The molecule has 46 heavy (non-hydrogen) atoms. The second-order valence-electron chi connectivity index (χ2n) is 11.8. The van der Waals surface area contributed by atoms with Crippen LogP contribution in [0.3, 0.4) is 0 Å². The summed E-state index contributed by atoms with van der Waals surface area (Å²) in [5.41, 5.74) is 2.95. The van der Waals surface area contributed by atoms with Crippen LogP contribution in [0.25, 0.3) is 0 Å². The number of benzene rings is 3. The SMILES string of the molecule is COc1cc(CN2CC[C@@H](N(C(=O)c3ccc(Cl)cc3)c3cccc(Cl)c3C)[C@@H](CC(=O)O)C2)ccc1OCCN1CCOCC1. The number of methoxy groups -OCH3 is 1. The van der Waals surface area contributed by atoms with E-state index in [1.165, 1.54) is 0 Å². The van der Waals surface area contributed by atoms with Gasteiger partial charge in [0.2, 0.25) is 0 Å². The van der Waals surface area contributed by atoms with Crippen molar-refractivity contribution >= 4 is 40.8 Å². The molecule has 1 amide bonds. The number of carboxylic acid groups (broad SMARTS) is 1. The Labute approximate surface area is 280 Å². The zero-order valence-corrected chi connectivity index (χ0v) is 27.8. The molecule has 2 atom stereocenters. The number of carbonyl (C=O) groups excluding carboxylic acids is 1. The lowest BCUT2D eigenvalue weighted by atomic mass is 9.86. The number of carbonyl (C=O) groups is 2. The molecule has 9 nitrogen and oxygen atoms in total. The van der Waals surface area contributed by atoms with Crippen LogP contribution in [0.4, 0.5) is 5.69 Å². The zero-order chi connectivity index (χ0) is 32.6. The van der Waals surface area contributed by atoms with Gasteiger partial charge in [-0.25, -0.2) is 0 Å². The van der Waals surface area contributed by atoms with E-state index in [0.29, 0.717) is 65.5 Å². The first-order chi connectivity index (χ1) is 22.2. The first kappa shape index (κ1) is 34.0. The molecule has 1 N–H and O–H groups in total. The fourth-order valence-electron chi connectivity index (χ4n) is 6.33. The number of piperidine rings is 1. The predicted octanol–water partition coefficient (Wildman–Crippen LogP) is 6.03. The summed E-state index contributed by atoms with van der Waals surface area (Å²) in [6.45, 7) is 8.34. The van der Waals surface area contributed by atoms with Gasteiger partial charge in [-0.2, -0.15) is 0 Å². The quantitative estimate of drug-likeness (QED) is 0.250. The van der Waals surface area contributed by atoms with E-state index in [-0.39, 0.29) is 24.3 Å². The Bertz CT molecular complexity index is 1500. The number of morpholine rings is 1. The largest absolute Gasteiger partial charge is 0.493 e. The molecule has 3 aromatic rings. The van der Waals surface area contributed by atoms with Crippen molar-refractivity contribution in [3.63, 3.8) is 0 Å². The molecule has 11 heteroatoms. The second-order valence-corrected chi connectivity index (χ2v) is 12.6. The van der Waals surface area contributed by atoms with Gasteiger partial charge < -0.3 is 24.2 Å². The Kier molecular flexibility index (Phi) is 11.8. The summed E-state index contributed by atoms with van der Waals surface area (Å²) in [5.74, 6) is -0.1000. The number of hydrogen-bond donors (Lipinski definition) is 1. The average Bonchev–Trinajstić information content (AvgIpc) is 3.05. The van der Waals surface area contributed by atoms with Gasteiger partial charge >= 0.3 is 5.97 Å². The van der Waals surface area contributed by atoms with E-state index in [9.17, 15) is 14.7 Å². The summed E-state index contributed by atoms with van der Waals surface area (Å²) in [5, 5.41) is 11.0. The number of ether oxygens (including phenoxy) is 3. The van der Waals surface area contributed by atoms with E-state index in [1.807, 2.05) is 37.3 Å². The third kappa shape index (κ3) is 8.52. The van der Waals surface area contributed by atoms with Crippen LogP contribution >= 0.6 is 23.2 Å². The van der Waals surface area contributed by atoms with Crippen LogP contribution in [0.15, 0.2) is 60.7 Å². The fraction of sp³-hybridized carbons (Fsp3) is 0.429. The molecule has 3 aromatic carbocycles. The van der Waals surface area contributed by atoms with E-state index >= 15 is 0 Å². The normalized spacial score (nSPS) is 19.0. The topological polar surface area (TPSA) is 91.8 Å². The first-order valence-electron chi connectivity index (χ1n) is 15.6. The van der Waals surface area contributed by atoms with Crippen LogP contribution in [0, 0.1) is 12.8 Å². The monoisotopic (exact) mass is 669 g/mol. The maximum atomic E-state index is 14.1. The maximum absolute atomic E-state index is 14.1. The van der Waals surface area contributed by atoms with Gasteiger partial charge in [-0.3, -0.25) is 19.4 Å². The third-order valence-electron chi connectivity index (χ3n) is 8.76. The number of hydrogen-bond acceptors (Lipinski definition) is 7. The molecule has 2 aliphatic rings. The highest BCUT2D eigenvalue weighted by molar-refractivity contribution is 6.32. The Balaban J connectivity index is 1.33. The van der Waals surface area contributed by atoms with Gasteiger partial charge in [-0.05, 0) is 73.0 Å². The highest BCUT2D eigenvalue weighted by Gasteiger charge is 2.38. The van der Waals surface area contributed by atoms with Crippen molar-refractivity contribution in [2.45, 2.75) is 32.4 Å². The van der Waals surface area contributed by atoms with Crippen molar-refractivity contribution in [1.82, 2.24) is 9.80 Å². The number of likely N-dealkylation sites (tertiary alicyclic amines) is 1.